The minimum absolute atomic E-state index is 0.114. The first kappa shape index (κ1) is 19.5. The summed E-state index contributed by atoms with van der Waals surface area (Å²) in [4.78, 5) is 15.1. The molecule has 2 heterocycles. The fourth-order valence-electron chi connectivity index (χ4n) is 4.06. The van der Waals surface area contributed by atoms with Crippen LogP contribution in [-0.4, -0.2) is 17.4 Å². The normalized spacial score (nSPS) is 16.6. The van der Waals surface area contributed by atoms with Crippen LogP contribution < -0.4 is 9.47 Å². The molecule has 0 aliphatic carbocycles. The summed E-state index contributed by atoms with van der Waals surface area (Å²) in [5.74, 6) is 1.32. The average molecular weight is 415 g/mol. The van der Waals surface area contributed by atoms with Crippen molar-refractivity contribution >= 4 is 11.9 Å². The summed E-state index contributed by atoms with van der Waals surface area (Å²) in [5.41, 5.74) is 5.46. The van der Waals surface area contributed by atoms with E-state index < -0.39 is 0 Å². The highest BCUT2D eigenvalue weighted by molar-refractivity contribution is 6.15. The van der Waals surface area contributed by atoms with Gasteiger partial charge in [0.25, 0.3) is 0 Å². The molecule has 156 valence electrons. The van der Waals surface area contributed by atoms with Crippen LogP contribution in [-0.2, 0) is 13.1 Å². The molecule has 5 heteroatoms. The Morgan fingerprint density at radius 1 is 1.03 bits per heavy atom. The van der Waals surface area contributed by atoms with Crippen LogP contribution in [0.1, 0.15) is 38.2 Å². The molecule has 4 nitrogen and oxygen atoms in total. The first-order valence-electron chi connectivity index (χ1n) is 10.2. The molecule has 5 rings (SSSR count). The van der Waals surface area contributed by atoms with Crippen LogP contribution in [0.5, 0.6) is 11.5 Å². The lowest BCUT2D eigenvalue weighted by Crippen LogP contribution is -2.32. The number of ether oxygens (including phenoxy) is 2. The van der Waals surface area contributed by atoms with E-state index in [0.717, 1.165) is 33.6 Å². The summed E-state index contributed by atoms with van der Waals surface area (Å²) >= 11 is 0. The molecule has 31 heavy (non-hydrogen) atoms. The Labute approximate surface area is 180 Å². The van der Waals surface area contributed by atoms with Gasteiger partial charge in [0, 0.05) is 24.2 Å². The molecule has 3 aromatic carbocycles. The predicted molar refractivity (Wildman–Crippen MR) is 116 cm³/mol. The van der Waals surface area contributed by atoms with Crippen molar-refractivity contribution in [3.63, 3.8) is 0 Å². The van der Waals surface area contributed by atoms with Crippen LogP contribution in [0, 0.1) is 19.7 Å². The molecule has 3 aromatic rings. The minimum atomic E-state index is -0.247. The van der Waals surface area contributed by atoms with Crippen molar-refractivity contribution in [2.24, 2.45) is 0 Å². The van der Waals surface area contributed by atoms with Crippen molar-refractivity contribution in [1.29, 1.82) is 0 Å². The monoisotopic (exact) mass is 415 g/mol. The Morgan fingerprint density at radius 2 is 1.77 bits per heavy atom. The maximum Gasteiger partial charge on any atom is 0.231 e. The highest BCUT2D eigenvalue weighted by Crippen LogP contribution is 2.43. The van der Waals surface area contributed by atoms with E-state index in [-0.39, 0.29) is 11.6 Å². The van der Waals surface area contributed by atoms with E-state index in [4.69, 9.17) is 9.47 Å². The third kappa shape index (κ3) is 3.73. The van der Waals surface area contributed by atoms with Crippen molar-refractivity contribution in [2.75, 3.05) is 6.73 Å². The van der Waals surface area contributed by atoms with E-state index in [1.807, 2.05) is 44.2 Å². The number of hydrogen-bond acceptors (Lipinski definition) is 4. The number of hydrogen-bond donors (Lipinski definition) is 0. The molecule has 0 radical (unpaired) electrons. The molecule has 0 bridgehead atoms. The SMILES string of the molecule is Cc1ccc(/C=C2\Oc3c(cc4c(c3C)OCN(Cc3ccc(F)cc3)C4)C2=O)cc1. The maximum absolute atomic E-state index is 13.2. The van der Waals surface area contributed by atoms with Crippen molar-refractivity contribution in [3.8, 4) is 11.5 Å². The number of ketones is 1. The molecule has 2 aliphatic rings. The van der Waals surface area contributed by atoms with Gasteiger partial charge in [-0.25, -0.2) is 4.39 Å². The molecule has 0 N–H and O–H groups in total. The van der Waals surface area contributed by atoms with Gasteiger partial charge in [0.15, 0.2) is 5.76 Å². The van der Waals surface area contributed by atoms with Crippen LogP contribution in [0.15, 0.2) is 60.4 Å². The summed E-state index contributed by atoms with van der Waals surface area (Å²) in [5, 5.41) is 0. The number of fused-ring (bicyclic) bond motifs is 2. The Kier molecular flexibility index (Phi) is 4.83. The number of carbonyl (C=O) groups is 1. The number of rotatable bonds is 3. The van der Waals surface area contributed by atoms with Gasteiger partial charge in [-0.05, 0) is 49.2 Å². The quantitative estimate of drug-likeness (QED) is 0.536. The van der Waals surface area contributed by atoms with E-state index in [1.165, 1.54) is 12.1 Å². The number of nitrogens with zero attached hydrogens (tertiary/aromatic N) is 1. The first-order chi connectivity index (χ1) is 15.0. The Bertz CT molecular complexity index is 1200. The molecule has 2 aliphatic heterocycles. The van der Waals surface area contributed by atoms with E-state index in [0.29, 0.717) is 36.9 Å². The highest BCUT2D eigenvalue weighted by atomic mass is 19.1. The minimum Gasteiger partial charge on any atom is -0.477 e. The zero-order chi connectivity index (χ0) is 21.5. The number of Topliss-reactive ketones (excluding diaryl/α,β-unsaturated/α-hetero) is 1. The standard InChI is InChI=1S/C26H22FNO3/c1-16-3-5-18(6-4-16)11-23-24(29)22-12-20-14-28(13-19-7-9-21(27)10-8-19)15-30-25(20)17(2)26(22)31-23/h3-12H,13-15H2,1-2H3/b23-11-. The molecule has 0 spiro atoms. The third-order valence-electron chi connectivity index (χ3n) is 5.70. The van der Waals surface area contributed by atoms with E-state index in [9.17, 15) is 9.18 Å². The van der Waals surface area contributed by atoms with Gasteiger partial charge in [-0.1, -0.05) is 42.0 Å². The van der Waals surface area contributed by atoms with Gasteiger partial charge in [0.05, 0.1) is 5.56 Å². The molecule has 0 amide bonds. The lowest BCUT2D eigenvalue weighted by atomic mass is 9.99. The van der Waals surface area contributed by atoms with Crippen LogP contribution in [0.25, 0.3) is 6.08 Å². The second-order valence-electron chi connectivity index (χ2n) is 8.10. The molecule has 0 aromatic heterocycles. The Balaban J connectivity index is 1.41. The summed E-state index contributed by atoms with van der Waals surface area (Å²) < 4.78 is 25.2. The van der Waals surface area contributed by atoms with Crippen LogP contribution >= 0.6 is 0 Å². The number of aryl methyl sites for hydroxylation is 1. The summed E-state index contributed by atoms with van der Waals surface area (Å²) in [6, 6.07) is 16.3. The summed E-state index contributed by atoms with van der Waals surface area (Å²) in [7, 11) is 0. The lowest BCUT2D eigenvalue weighted by molar-refractivity contribution is 0.0876. The van der Waals surface area contributed by atoms with Gasteiger partial charge in [-0.2, -0.15) is 0 Å². The Hall–Kier alpha value is -3.44. The van der Waals surface area contributed by atoms with Gasteiger partial charge in [-0.15, -0.1) is 0 Å². The van der Waals surface area contributed by atoms with Crippen molar-refractivity contribution in [1.82, 2.24) is 4.90 Å². The molecule has 0 fully saturated rings. The van der Waals surface area contributed by atoms with Gasteiger partial charge in [0.2, 0.25) is 5.78 Å². The second-order valence-corrected chi connectivity index (χ2v) is 8.10. The maximum atomic E-state index is 13.2. The molecule has 0 saturated carbocycles. The highest BCUT2D eigenvalue weighted by Gasteiger charge is 2.33. The fourth-order valence-corrected chi connectivity index (χ4v) is 4.06. The zero-order valence-electron chi connectivity index (χ0n) is 17.4. The van der Waals surface area contributed by atoms with Crippen molar-refractivity contribution in [3.05, 3.63) is 99.6 Å². The number of allylic oxidation sites excluding steroid dienone is 1. The predicted octanol–water partition coefficient (Wildman–Crippen LogP) is 5.41. The van der Waals surface area contributed by atoms with Gasteiger partial charge in [-0.3, -0.25) is 9.69 Å². The summed E-state index contributed by atoms with van der Waals surface area (Å²) in [6.07, 6.45) is 1.78. The van der Waals surface area contributed by atoms with Crippen LogP contribution in [0.3, 0.4) is 0 Å². The smallest absolute Gasteiger partial charge is 0.231 e. The van der Waals surface area contributed by atoms with Gasteiger partial charge in [0.1, 0.15) is 24.0 Å². The first-order valence-corrected chi connectivity index (χ1v) is 10.2. The molecule has 0 saturated heterocycles. The van der Waals surface area contributed by atoms with Crippen LogP contribution in [0.4, 0.5) is 4.39 Å². The van der Waals surface area contributed by atoms with Crippen LogP contribution in [0.2, 0.25) is 0 Å². The summed E-state index contributed by atoms with van der Waals surface area (Å²) in [6.45, 7) is 5.65. The average Bonchev–Trinajstić information content (AvgIpc) is 3.07. The topological polar surface area (TPSA) is 38.8 Å². The number of benzene rings is 3. The number of carbonyl (C=O) groups excluding carboxylic acids is 1. The second kappa shape index (κ2) is 7.67. The Morgan fingerprint density at radius 3 is 2.52 bits per heavy atom. The molecular weight excluding hydrogens is 393 g/mol. The van der Waals surface area contributed by atoms with E-state index in [2.05, 4.69) is 4.90 Å². The molecule has 0 atom stereocenters. The van der Waals surface area contributed by atoms with Crippen molar-refractivity contribution in [2.45, 2.75) is 26.9 Å². The zero-order valence-corrected chi connectivity index (χ0v) is 17.4. The van der Waals surface area contributed by atoms with Gasteiger partial charge < -0.3 is 9.47 Å². The molecule has 0 unspecified atom stereocenters. The lowest BCUT2D eigenvalue weighted by Gasteiger charge is -2.30. The largest absolute Gasteiger partial charge is 0.477 e. The third-order valence-corrected chi connectivity index (χ3v) is 5.70. The van der Waals surface area contributed by atoms with Gasteiger partial charge >= 0.3 is 0 Å². The van der Waals surface area contributed by atoms with E-state index in [1.54, 1.807) is 18.2 Å². The number of halogens is 1. The van der Waals surface area contributed by atoms with E-state index >= 15 is 0 Å². The molecular formula is C26H22FNO3. The van der Waals surface area contributed by atoms with Crippen molar-refractivity contribution < 1.29 is 18.7 Å². The fraction of sp³-hybridized carbons (Fsp3) is 0.192.